The molecule has 1 aromatic heterocycles. The Kier molecular flexibility index (Phi) is 4.60. The van der Waals surface area contributed by atoms with Crippen molar-refractivity contribution >= 4 is 23.5 Å². The van der Waals surface area contributed by atoms with Crippen molar-refractivity contribution in [2.24, 2.45) is 0 Å². The number of benzene rings is 2. The highest BCUT2D eigenvalue weighted by atomic mass is 35.5. The molecule has 2 aliphatic heterocycles. The van der Waals surface area contributed by atoms with E-state index in [1.807, 2.05) is 30.0 Å². The number of hydrogen-bond acceptors (Lipinski definition) is 5. The lowest BCUT2D eigenvalue weighted by atomic mass is 9.98. The van der Waals surface area contributed by atoms with E-state index in [9.17, 15) is 9.18 Å². The molecule has 0 amide bonds. The zero-order valence-corrected chi connectivity index (χ0v) is 16.8. The summed E-state index contributed by atoms with van der Waals surface area (Å²) in [6.45, 7) is 3.32. The predicted molar refractivity (Wildman–Crippen MR) is 109 cm³/mol. The Morgan fingerprint density at radius 1 is 1.27 bits per heavy atom. The first-order valence-electron chi connectivity index (χ1n) is 9.43. The van der Waals surface area contributed by atoms with Crippen LogP contribution >= 0.6 is 11.6 Å². The van der Waals surface area contributed by atoms with Gasteiger partial charge >= 0.3 is 0 Å². The number of fused-ring (bicyclic) bond motifs is 3. The van der Waals surface area contributed by atoms with Gasteiger partial charge in [-0.05, 0) is 48.9 Å². The lowest BCUT2D eigenvalue weighted by Crippen LogP contribution is -2.31. The summed E-state index contributed by atoms with van der Waals surface area (Å²) in [6.07, 6.45) is 2.98. The summed E-state index contributed by atoms with van der Waals surface area (Å²) >= 11 is 6.11. The average Bonchev–Trinajstić information content (AvgIpc) is 3.34. The van der Waals surface area contributed by atoms with E-state index in [0.717, 1.165) is 16.9 Å². The minimum atomic E-state index is -0.519. The van der Waals surface area contributed by atoms with Gasteiger partial charge in [0.2, 0.25) is 5.78 Å². The van der Waals surface area contributed by atoms with E-state index in [1.54, 1.807) is 12.3 Å². The molecule has 5 rings (SSSR count). The molecule has 0 saturated heterocycles. The topological polar surface area (TPSA) is 51.9 Å². The van der Waals surface area contributed by atoms with Crippen molar-refractivity contribution in [1.29, 1.82) is 0 Å². The Morgan fingerprint density at radius 2 is 2.13 bits per heavy atom. The number of hydrogen-bond donors (Lipinski definition) is 0. The van der Waals surface area contributed by atoms with E-state index in [-0.39, 0.29) is 22.1 Å². The standard InChI is InChI=1S/C23H17ClFNO4/c1-13-8-19-16(11-26(12-29-19)10-14-4-3-7-28-14)23-21(13)22(27)20(30-23)9-15-17(24)5-2-6-18(15)25/h2-9H,10-12H2,1H3/b20-9-. The van der Waals surface area contributed by atoms with Crippen molar-refractivity contribution in [1.82, 2.24) is 4.90 Å². The Bertz CT molecular complexity index is 1170. The van der Waals surface area contributed by atoms with E-state index in [1.165, 1.54) is 18.2 Å². The SMILES string of the molecule is Cc1cc2c(c3c1C(=O)/C(=C/c1c(F)cccc1Cl)O3)CN(Cc1ccco1)CO2. The maximum Gasteiger partial charge on any atom is 0.232 e. The van der Waals surface area contributed by atoms with Crippen LogP contribution in [0.4, 0.5) is 4.39 Å². The molecule has 0 fully saturated rings. The number of halogens is 2. The Labute approximate surface area is 177 Å². The van der Waals surface area contributed by atoms with Gasteiger partial charge < -0.3 is 13.9 Å². The summed E-state index contributed by atoms with van der Waals surface area (Å²) in [5.74, 6) is 1.17. The van der Waals surface area contributed by atoms with Gasteiger partial charge in [0.25, 0.3) is 0 Å². The fourth-order valence-electron chi connectivity index (χ4n) is 3.78. The maximum absolute atomic E-state index is 14.2. The van der Waals surface area contributed by atoms with Gasteiger partial charge in [-0.2, -0.15) is 0 Å². The van der Waals surface area contributed by atoms with Crippen LogP contribution in [0.5, 0.6) is 11.5 Å². The fraction of sp³-hybridized carbons (Fsp3) is 0.174. The largest absolute Gasteiger partial charge is 0.478 e. The summed E-state index contributed by atoms with van der Waals surface area (Å²) in [5.41, 5.74) is 2.12. The molecule has 0 unspecified atom stereocenters. The molecule has 3 heterocycles. The number of carbonyl (C=O) groups excluding carboxylic acids is 1. The fourth-order valence-corrected chi connectivity index (χ4v) is 4.00. The average molecular weight is 426 g/mol. The summed E-state index contributed by atoms with van der Waals surface area (Å²) in [4.78, 5) is 15.1. The number of ketones is 1. The predicted octanol–water partition coefficient (Wildman–Crippen LogP) is 5.35. The molecule has 0 N–H and O–H groups in total. The van der Waals surface area contributed by atoms with Gasteiger partial charge in [0, 0.05) is 12.1 Å². The normalized spacial score (nSPS) is 16.9. The number of furan rings is 1. The highest BCUT2D eigenvalue weighted by Crippen LogP contribution is 2.44. The molecule has 5 nitrogen and oxygen atoms in total. The monoisotopic (exact) mass is 425 g/mol. The highest BCUT2D eigenvalue weighted by Gasteiger charge is 2.35. The number of Topliss-reactive ketones (excluding diaryl/α,β-unsaturated/α-hetero) is 1. The maximum atomic E-state index is 14.2. The van der Waals surface area contributed by atoms with Crippen molar-refractivity contribution in [3.05, 3.63) is 87.3 Å². The van der Waals surface area contributed by atoms with Gasteiger partial charge in [-0.1, -0.05) is 17.7 Å². The van der Waals surface area contributed by atoms with Gasteiger partial charge in [-0.25, -0.2) is 4.39 Å². The minimum absolute atomic E-state index is 0.0386. The van der Waals surface area contributed by atoms with Crippen LogP contribution < -0.4 is 9.47 Å². The first-order chi connectivity index (χ1) is 14.5. The molecule has 0 saturated carbocycles. The van der Waals surface area contributed by atoms with E-state index in [4.69, 9.17) is 25.5 Å². The highest BCUT2D eigenvalue weighted by molar-refractivity contribution is 6.32. The summed E-state index contributed by atoms with van der Waals surface area (Å²) < 4.78 is 31.5. The van der Waals surface area contributed by atoms with Crippen molar-refractivity contribution in [3.63, 3.8) is 0 Å². The quantitative estimate of drug-likeness (QED) is 0.529. The number of aryl methyl sites for hydroxylation is 1. The minimum Gasteiger partial charge on any atom is -0.478 e. The van der Waals surface area contributed by atoms with E-state index in [0.29, 0.717) is 36.9 Å². The van der Waals surface area contributed by atoms with Crippen LogP contribution in [0.2, 0.25) is 5.02 Å². The third-order valence-electron chi connectivity index (χ3n) is 5.22. The molecular formula is C23H17ClFNO4. The second-order valence-corrected chi connectivity index (χ2v) is 7.70. The van der Waals surface area contributed by atoms with E-state index < -0.39 is 5.82 Å². The molecule has 30 heavy (non-hydrogen) atoms. The molecule has 2 aromatic carbocycles. The summed E-state index contributed by atoms with van der Waals surface area (Å²) in [6, 6.07) is 9.95. The third-order valence-corrected chi connectivity index (χ3v) is 5.55. The van der Waals surface area contributed by atoms with Gasteiger partial charge in [0.1, 0.15) is 29.8 Å². The molecule has 0 spiro atoms. The summed E-state index contributed by atoms with van der Waals surface area (Å²) in [7, 11) is 0. The van der Waals surface area contributed by atoms with Gasteiger partial charge in [-0.3, -0.25) is 9.69 Å². The van der Waals surface area contributed by atoms with Crippen LogP contribution in [-0.2, 0) is 13.1 Å². The lowest BCUT2D eigenvalue weighted by Gasteiger charge is -2.29. The second kappa shape index (κ2) is 7.31. The van der Waals surface area contributed by atoms with Gasteiger partial charge in [-0.15, -0.1) is 0 Å². The Hall–Kier alpha value is -3.09. The smallest absolute Gasteiger partial charge is 0.232 e. The van der Waals surface area contributed by atoms with Gasteiger partial charge in [0.05, 0.1) is 29.0 Å². The van der Waals surface area contributed by atoms with Crippen LogP contribution in [-0.4, -0.2) is 17.4 Å². The first kappa shape index (κ1) is 18.9. The molecule has 152 valence electrons. The first-order valence-corrected chi connectivity index (χ1v) is 9.81. The molecule has 7 heteroatoms. The molecule has 3 aromatic rings. The number of nitrogens with zero attached hydrogens (tertiary/aromatic N) is 1. The third kappa shape index (κ3) is 3.18. The molecule has 2 aliphatic rings. The zero-order chi connectivity index (χ0) is 20.8. The number of allylic oxidation sites excluding steroid dienone is 1. The van der Waals surface area contributed by atoms with Crippen molar-refractivity contribution in [2.45, 2.75) is 20.0 Å². The Balaban J connectivity index is 1.51. The van der Waals surface area contributed by atoms with E-state index in [2.05, 4.69) is 0 Å². The van der Waals surface area contributed by atoms with Crippen molar-refractivity contribution in [2.75, 3.05) is 6.73 Å². The number of ether oxygens (including phenoxy) is 2. The van der Waals surface area contributed by atoms with Crippen LogP contribution in [0.1, 0.15) is 32.8 Å². The number of carbonyl (C=O) groups is 1. The Morgan fingerprint density at radius 3 is 2.90 bits per heavy atom. The lowest BCUT2D eigenvalue weighted by molar-refractivity contribution is 0.0809. The summed E-state index contributed by atoms with van der Waals surface area (Å²) in [5, 5.41) is 0.210. The van der Waals surface area contributed by atoms with Crippen LogP contribution in [0.3, 0.4) is 0 Å². The van der Waals surface area contributed by atoms with Crippen molar-refractivity contribution in [3.8, 4) is 11.5 Å². The van der Waals surface area contributed by atoms with E-state index >= 15 is 0 Å². The molecule has 0 radical (unpaired) electrons. The van der Waals surface area contributed by atoms with Gasteiger partial charge in [0.15, 0.2) is 5.76 Å². The molecular weight excluding hydrogens is 409 g/mol. The number of rotatable bonds is 3. The second-order valence-electron chi connectivity index (χ2n) is 7.29. The van der Waals surface area contributed by atoms with Crippen LogP contribution in [0, 0.1) is 12.7 Å². The van der Waals surface area contributed by atoms with Crippen molar-refractivity contribution < 1.29 is 23.1 Å². The molecule has 0 atom stereocenters. The van der Waals surface area contributed by atoms with Crippen LogP contribution in [0.15, 0.2) is 52.8 Å². The zero-order valence-electron chi connectivity index (χ0n) is 16.1. The molecule has 0 bridgehead atoms. The molecule has 0 aliphatic carbocycles. The van der Waals surface area contributed by atoms with Crippen LogP contribution in [0.25, 0.3) is 6.08 Å².